The van der Waals surface area contributed by atoms with Gasteiger partial charge < -0.3 is 10.1 Å². The maximum Gasteiger partial charge on any atom is 0.262 e. The third kappa shape index (κ3) is 4.91. The lowest BCUT2D eigenvalue weighted by Crippen LogP contribution is -2.20. The van der Waals surface area contributed by atoms with Gasteiger partial charge >= 0.3 is 0 Å². The predicted octanol–water partition coefficient (Wildman–Crippen LogP) is 5.32. The summed E-state index contributed by atoms with van der Waals surface area (Å²) in [6.45, 7) is -0.366. The van der Waals surface area contributed by atoms with Gasteiger partial charge in [0, 0.05) is 29.2 Å². The number of nitrogens with zero attached hydrogens (tertiary/aromatic N) is 5. The first-order chi connectivity index (χ1) is 17.0. The van der Waals surface area contributed by atoms with Gasteiger partial charge in [-0.05, 0) is 48.5 Å². The van der Waals surface area contributed by atoms with Gasteiger partial charge in [0.05, 0.1) is 15.7 Å². The minimum atomic E-state index is -0.598. The molecule has 11 heteroatoms. The first-order valence-electron chi connectivity index (χ1n) is 10.3. The fourth-order valence-corrected chi connectivity index (χ4v) is 3.95. The molecule has 2 aromatic carbocycles. The Kier molecular flexibility index (Phi) is 6.26. The molecule has 0 bridgehead atoms. The first-order valence-corrected chi connectivity index (χ1v) is 11.0. The third-order valence-corrected chi connectivity index (χ3v) is 5.50. The molecule has 0 fully saturated rings. The number of halogens is 3. The number of carbonyl (C=O) groups excluding carboxylic acids is 1. The number of carbonyl (C=O) groups is 1. The summed E-state index contributed by atoms with van der Waals surface area (Å²) in [5.74, 6) is -0.441. The van der Waals surface area contributed by atoms with Crippen molar-refractivity contribution in [3.8, 4) is 28.4 Å². The van der Waals surface area contributed by atoms with E-state index in [9.17, 15) is 9.18 Å². The Labute approximate surface area is 208 Å². The van der Waals surface area contributed by atoms with Crippen LogP contribution in [0.4, 0.5) is 10.1 Å². The summed E-state index contributed by atoms with van der Waals surface area (Å²) < 4.78 is 20.4. The molecule has 174 valence electrons. The summed E-state index contributed by atoms with van der Waals surface area (Å²) >= 11 is 11.9. The lowest BCUT2D eigenvalue weighted by Gasteiger charge is -2.11. The van der Waals surface area contributed by atoms with Gasteiger partial charge in [-0.1, -0.05) is 35.3 Å². The number of ether oxygens (including phenoxy) is 1. The predicted molar refractivity (Wildman–Crippen MR) is 130 cm³/mol. The van der Waals surface area contributed by atoms with Crippen molar-refractivity contribution in [1.29, 1.82) is 0 Å². The van der Waals surface area contributed by atoms with Crippen molar-refractivity contribution >= 4 is 40.4 Å². The second-order valence-electron chi connectivity index (χ2n) is 7.37. The van der Waals surface area contributed by atoms with Crippen molar-refractivity contribution in [3.05, 3.63) is 88.9 Å². The maximum atomic E-state index is 13.3. The molecule has 0 radical (unpaired) electrons. The molecular formula is C24H15Cl2FN6O2. The van der Waals surface area contributed by atoms with Crippen molar-refractivity contribution in [2.75, 3.05) is 11.9 Å². The molecule has 0 aliphatic carbocycles. The van der Waals surface area contributed by atoms with Gasteiger partial charge in [0.15, 0.2) is 23.8 Å². The van der Waals surface area contributed by atoms with E-state index in [-0.39, 0.29) is 22.4 Å². The molecule has 0 atom stereocenters. The van der Waals surface area contributed by atoms with E-state index in [0.717, 1.165) is 23.3 Å². The van der Waals surface area contributed by atoms with E-state index in [1.165, 1.54) is 0 Å². The second-order valence-corrected chi connectivity index (χ2v) is 8.18. The fourth-order valence-electron chi connectivity index (χ4n) is 3.38. The molecule has 3 heterocycles. The SMILES string of the molecule is O=C(COc1c(Cl)cc(F)cc1Cl)Nc1cccc(-c2ccc3nnc(-c4cccnc4)n3n2)c1. The van der Waals surface area contributed by atoms with Crippen LogP contribution >= 0.6 is 23.2 Å². The van der Waals surface area contributed by atoms with Gasteiger partial charge in [-0.2, -0.15) is 9.61 Å². The van der Waals surface area contributed by atoms with Crippen LogP contribution in [0.15, 0.2) is 73.1 Å². The molecule has 0 saturated heterocycles. The largest absolute Gasteiger partial charge is 0.481 e. The number of rotatable bonds is 6. The fraction of sp³-hybridized carbons (Fsp3) is 0.0417. The van der Waals surface area contributed by atoms with Crippen LogP contribution in [0.2, 0.25) is 10.0 Å². The molecule has 1 amide bonds. The molecule has 1 N–H and O–H groups in total. The Bertz CT molecular complexity index is 1520. The minimum absolute atomic E-state index is 0.0223. The topological polar surface area (TPSA) is 94.3 Å². The maximum absolute atomic E-state index is 13.3. The van der Waals surface area contributed by atoms with E-state index in [0.29, 0.717) is 22.9 Å². The first kappa shape index (κ1) is 22.7. The zero-order valence-electron chi connectivity index (χ0n) is 17.8. The number of amides is 1. The normalized spacial score (nSPS) is 10.9. The third-order valence-electron chi connectivity index (χ3n) is 4.94. The van der Waals surface area contributed by atoms with Crippen molar-refractivity contribution in [3.63, 3.8) is 0 Å². The summed E-state index contributed by atoms with van der Waals surface area (Å²) in [5.41, 5.74) is 3.32. The molecule has 0 aliphatic heterocycles. The minimum Gasteiger partial charge on any atom is -0.481 e. The smallest absolute Gasteiger partial charge is 0.262 e. The van der Waals surface area contributed by atoms with Crippen LogP contribution in [0.1, 0.15) is 0 Å². The Morgan fingerprint density at radius 2 is 1.80 bits per heavy atom. The highest BCUT2D eigenvalue weighted by atomic mass is 35.5. The van der Waals surface area contributed by atoms with Gasteiger partial charge in [-0.15, -0.1) is 10.2 Å². The van der Waals surface area contributed by atoms with E-state index >= 15 is 0 Å². The molecule has 5 aromatic rings. The molecule has 5 rings (SSSR count). The second kappa shape index (κ2) is 9.65. The number of hydrogen-bond donors (Lipinski definition) is 1. The van der Waals surface area contributed by atoms with Crippen molar-refractivity contribution in [2.45, 2.75) is 0 Å². The molecule has 0 aliphatic rings. The Morgan fingerprint density at radius 1 is 1.00 bits per heavy atom. The van der Waals surface area contributed by atoms with Crippen LogP contribution in [-0.2, 0) is 4.79 Å². The molecule has 0 spiro atoms. The highest BCUT2D eigenvalue weighted by Gasteiger charge is 2.14. The van der Waals surface area contributed by atoms with Crippen LogP contribution in [0.3, 0.4) is 0 Å². The molecule has 8 nitrogen and oxygen atoms in total. The van der Waals surface area contributed by atoms with Crippen LogP contribution in [0, 0.1) is 5.82 Å². The standard InChI is InChI=1S/C24H15Cl2FN6O2/c25-18-10-16(27)11-19(26)23(18)35-13-22(34)29-17-5-1-3-14(9-17)20-6-7-21-30-31-24(33(21)32-20)15-4-2-8-28-12-15/h1-12H,13H2,(H,29,34). The van der Waals surface area contributed by atoms with E-state index in [1.807, 2.05) is 30.3 Å². The molecule has 35 heavy (non-hydrogen) atoms. The number of benzene rings is 2. The summed E-state index contributed by atoms with van der Waals surface area (Å²) in [7, 11) is 0. The van der Waals surface area contributed by atoms with Crippen LogP contribution in [-0.4, -0.2) is 37.3 Å². The summed E-state index contributed by atoms with van der Waals surface area (Å²) in [6.07, 6.45) is 3.37. The van der Waals surface area contributed by atoms with Crippen molar-refractivity contribution in [2.24, 2.45) is 0 Å². The quantitative estimate of drug-likeness (QED) is 0.333. The molecule has 3 aromatic heterocycles. The van der Waals surface area contributed by atoms with Gasteiger partial charge in [0.2, 0.25) is 0 Å². The summed E-state index contributed by atoms with van der Waals surface area (Å²) in [6, 6.07) is 16.6. The highest BCUT2D eigenvalue weighted by molar-refractivity contribution is 6.37. The Balaban J connectivity index is 1.34. The highest BCUT2D eigenvalue weighted by Crippen LogP contribution is 2.33. The van der Waals surface area contributed by atoms with Crippen LogP contribution < -0.4 is 10.1 Å². The number of pyridine rings is 1. The number of hydrogen-bond acceptors (Lipinski definition) is 6. The monoisotopic (exact) mass is 508 g/mol. The lowest BCUT2D eigenvalue weighted by molar-refractivity contribution is -0.118. The average Bonchev–Trinajstić information content (AvgIpc) is 3.27. The lowest BCUT2D eigenvalue weighted by atomic mass is 10.1. The van der Waals surface area contributed by atoms with E-state index in [1.54, 1.807) is 35.1 Å². The Morgan fingerprint density at radius 3 is 2.57 bits per heavy atom. The Hall–Kier alpha value is -4.08. The van der Waals surface area contributed by atoms with Gasteiger partial charge in [-0.3, -0.25) is 9.78 Å². The molecule has 0 unspecified atom stereocenters. The number of anilines is 1. The van der Waals surface area contributed by atoms with E-state index < -0.39 is 11.7 Å². The van der Waals surface area contributed by atoms with Crippen molar-refractivity contribution in [1.82, 2.24) is 24.8 Å². The number of nitrogens with one attached hydrogen (secondary N) is 1. The molecular weight excluding hydrogens is 494 g/mol. The number of fused-ring (bicyclic) bond motifs is 1. The van der Waals surface area contributed by atoms with E-state index in [2.05, 4.69) is 25.6 Å². The van der Waals surface area contributed by atoms with Gasteiger partial charge in [0.1, 0.15) is 5.82 Å². The van der Waals surface area contributed by atoms with E-state index in [4.69, 9.17) is 27.9 Å². The van der Waals surface area contributed by atoms with Crippen LogP contribution in [0.5, 0.6) is 5.75 Å². The zero-order valence-corrected chi connectivity index (χ0v) is 19.3. The van der Waals surface area contributed by atoms with Crippen LogP contribution in [0.25, 0.3) is 28.3 Å². The summed E-state index contributed by atoms with van der Waals surface area (Å²) in [4.78, 5) is 16.6. The van der Waals surface area contributed by atoms with Gasteiger partial charge in [0.25, 0.3) is 5.91 Å². The van der Waals surface area contributed by atoms with Gasteiger partial charge in [-0.25, -0.2) is 4.39 Å². The zero-order chi connectivity index (χ0) is 24.4. The van der Waals surface area contributed by atoms with Crippen molar-refractivity contribution < 1.29 is 13.9 Å². The molecule has 0 saturated carbocycles. The average molecular weight is 509 g/mol. The number of aromatic nitrogens is 5. The summed E-state index contributed by atoms with van der Waals surface area (Å²) in [5, 5.41) is 15.8.